The van der Waals surface area contributed by atoms with E-state index in [9.17, 15) is 0 Å². The van der Waals surface area contributed by atoms with E-state index in [1.54, 1.807) is 6.08 Å². The number of unbranched alkanes of at least 4 members (excludes halogenated alkanes) is 3. The molecule has 7 heavy (non-hydrogen) atoms. The molecule has 0 spiro atoms. The molecule has 0 nitrogen and oxygen atoms in total. The number of rotatable bonds is 4. The summed E-state index contributed by atoms with van der Waals surface area (Å²) in [6, 6.07) is 0. The van der Waals surface area contributed by atoms with Gasteiger partial charge in [0.15, 0.2) is 0 Å². The lowest BCUT2D eigenvalue weighted by Crippen LogP contribution is -1.68. The van der Waals surface area contributed by atoms with Gasteiger partial charge in [-0.3, -0.25) is 0 Å². The molecular formula is C7H12. The molecule has 0 aliphatic rings. The maximum Gasteiger partial charge on any atom is -0.0348 e. The van der Waals surface area contributed by atoms with E-state index >= 15 is 0 Å². The summed E-state index contributed by atoms with van der Waals surface area (Å²) in [6.45, 7) is 8.83. The number of hydrogen-bond donors (Lipinski definition) is 0. The van der Waals surface area contributed by atoms with Crippen LogP contribution in [-0.2, 0) is 0 Å². The Labute approximate surface area is 46.2 Å². The maximum absolute atomic E-state index is 5.12. The van der Waals surface area contributed by atoms with Gasteiger partial charge in [-0.05, 0) is 12.8 Å². The van der Waals surface area contributed by atoms with Gasteiger partial charge in [-0.1, -0.05) is 32.4 Å². The molecular weight excluding hydrogens is 84.1 g/mol. The average molecular weight is 96.2 g/mol. The van der Waals surface area contributed by atoms with Gasteiger partial charge in [0.2, 0.25) is 0 Å². The molecule has 0 fully saturated rings. The van der Waals surface area contributed by atoms with Gasteiger partial charge in [0, 0.05) is 0 Å². The number of allylic oxidation sites excluding steroid dienone is 1. The quantitative estimate of drug-likeness (QED) is 0.471. The molecule has 0 rings (SSSR count). The minimum absolute atomic E-state index is 1.04. The van der Waals surface area contributed by atoms with Crippen molar-refractivity contribution < 1.29 is 0 Å². The highest BCUT2D eigenvalue weighted by Crippen LogP contribution is 1.96. The SMILES string of the molecule is [CH]=CCCCC[CH2]. The van der Waals surface area contributed by atoms with Gasteiger partial charge < -0.3 is 0 Å². The lowest BCUT2D eigenvalue weighted by molar-refractivity contribution is 0.761. The molecule has 0 aliphatic carbocycles. The molecule has 0 bridgehead atoms. The second-order valence-corrected chi connectivity index (χ2v) is 1.59. The highest BCUT2D eigenvalue weighted by molar-refractivity contribution is 4.61. The first-order valence-electron chi connectivity index (χ1n) is 2.74. The zero-order chi connectivity index (χ0) is 5.54. The Balaban J connectivity index is 2.56. The van der Waals surface area contributed by atoms with Crippen LogP contribution in [0.1, 0.15) is 25.7 Å². The van der Waals surface area contributed by atoms with Gasteiger partial charge in [-0.25, -0.2) is 0 Å². The fourth-order valence-electron chi connectivity index (χ4n) is 0.439. The summed E-state index contributed by atoms with van der Waals surface area (Å²) in [4.78, 5) is 0. The molecule has 0 aromatic carbocycles. The minimum Gasteiger partial charge on any atom is -0.0845 e. The van der Waals surface area contributed by atoms with Crippen LogP contribution < -0.4 is 0 Å². The van der Waals surface area contributed by atoms with Gasteiger partial charge in [-0.15, -0.1) is 0 Å². The van der Waals surface area contributed by atoms with Crippen molar-refractivity contribution in [3.8, 4) is 0 Å². The summed E-state index contributed by atoms with van der Waals surface area (Å²) >= 11 is 0. The first-order chi connectivity index (χ1) is 3.41. The van der Waals surface area contributed by atoms with Crippen LogP contribution >= 0.6 is 0 Å². The largest absolute Gasteiger partial charge is 0.0845 e. The van der Waals surface area contributed by atoms with Crippen molar-refractivity contribution in [3.63, 3.8) is 0 Å². The van der Waals surface area contributed by atoms with Crippen LogP contribution in [0.25, 0.3) is 0 Å². The summed E-state index contributed by atoms with van der Waals surface area (Å²) in [6.07, 6.45) is 6.17. The second-order valence-electron chi connectivity index (χ2n) is 1.59. The Morgan fingerprint density at radius 2 is 2.14 bits per heavy atom. The van der Waals surface area contributed by atoms with E-state index in [0.717, 1.165) is 12.8 Å². The van der Waals surface area contributed by atoms with E-state index < -0.39 is 0 Å². The normalized spacial score (nSPS) is 8.71. The predicted octanol–water partition coefficient (Wildman–Crippen LogP) is 2.37. The van der Waals surface area contributed by atoms with Crippen molar-refractivity contribution in [1.29, 1.82) is 0 Å². The summed E-state index contributed by atoms with van der Waals surface area (Å²) in [5.41, 5.74) is 0. The van der Waals surface area contributed by atoms with Crippen molar-refractivity contribution in [3.05, 3.63) is 19.6 Å². The molecule has 0 amide bonds. The second kappa shape index (κ2) is 5.74. The molecule has 0 saturated heterocycles. The van der Waals surface area contributed by atoms with Crippen LogP contribution in [0.5, 0.6) is 0 Å². The van der Waals surface area contributed by atoms with E-state index in [0.29, 0.717) is 0 Å². The predicted molar refractivity (Wildman–Crippen MR) is 32.7 cm³/mol. The average Bonchev–Trinajstić information content (AvgIpc) is 1.69. The monoisotopic (exact) mass is 96.1 g/mol. The fourth-order valence-corrected chi connectivity index (χ4v) is 0.439. The van der Waals surface area contributed by atoms with Crippen LogP contribution in [-0.4, -0.2) is 0 Å². The molecule has 0 atom stereocenters. The van der Waals surface area contributed by atoms with E-state index in [-0.39, 0.29) is 0 Å². The molecule has 40 valence electrons. The van der Waals surface area contributed by atoms with E-state index in [1.165, 1.54) is 12.8 Å². The van der Waals surface area contributed by atoms with E-state index in [2.05, 4.69) is 6.92 Å². The van der Waals surface area contributed by atoms with Crippen molar-refractivity contribution in [2.45, 2.75) is 25.7 Å². The van der Waals surface area contributed by atoms with Crippen LogP contribution in [0.15, 0.2) is 6.08 Å². The highest BCUT2D eigenvalue weighted by Gasteiger charge is 1.77. The minimum atomic E-state index is 1.04. The topological polar surface area (TPSA) is 0 Å². The molecule has 0 aliphatic heterocycles. The van der Waals surface area contributed by atoms with Gasteiger partial charge in [0.25, 0.3) is 0 Å². The van der Waals surface area contributed by atoms with Crippen LogP contribution in [0.4, 0.5) is 0 Å². The molecule has 0 saturated carbocycles. The van der Waals surface area contributed by atoms with Gasteiger partial charge in [0.05, 0.1) is 0 Å². The Bertz CT molecular complexity index is 37.3. The van der Waals surface area contributed by atoms with Crippen molar-refractivity contribution in [1.82, 2.24) is 0 Å². The highest BCUT2D eigenvalue weighted by atomic mass is 13.8. The first-order valence-corrected chi connectivity index (χ1v) is 2.74. The molecule has 0 aromatic heterocycles. The van der Waals surface area contributed by atoms with E-state index in [1.807, 2.05) is 0 Å². The number of hydrogen-bond acceptors (Lipinski definition) is 0. The third-order valence-corrected chi connectivity index (χ3v) is 0.871. The lowest BCUT2D eigenvalue weighted by Gasteiger charge is -1.87. The lowest BCUT2D eigenvalue weighted by atomic mass is 10.2. The zero-order valence-corrected chi connectivity index (χ0v) is 4.69. The Hall–Kier alpha value is -0.260. The Morgan fingerprint density at radius 3 is 2.57 bits per heavy atom. The van der Waals surface area contributed by atoms with Crippen LogP contribution in [0, 0.1) is 13.5 Å². The maximum atomic E-state index is 5.12. The van der Waals surface area contributed by atoms with Gasteiger partial charge in [0.1, 0.15) is 0 Å². The van der Waals surface area contributed by atoms with Crippen molar-refractivity contribution >= 4 is 0 Å². The molecule has 0 unspecified atom stereocenters. The summed E-state index contributed by atoms with van der Waals surface area (Å²) in [5, 5.41) is 0. The van der Waals surface area contributed by atoms with E-state index in [4.69, 9.17) is 6.58 Å². The first kappa shape index (κ1) is 6.74. The zero-order valence-electron chi connectivity index (χ0n) is 4.69. The fraction of sp³-hybridized carbons (Fsp3) is 0.571. The van der Waals surface area contributed by atoms with Crippen LogP contribution in [0.3, 0.4) is 0 Å². The molecule has 0 aromatic rings. The standard InChI is InChI=1S/C7H12/c1-3-5-7-6-4-2/h1,3H,2,4-7H2. The summed E-state index contributed by atoms with van der Waals surface area (Å²) < 4.78 is 0. The van der Waals surface area contributed by atoms with Crippen molar-refractivity contribution in [2.24, 2.45) is 0 Å². The Kier molecular flexibility index (Phi) is 5.53. The smallest absolute Gasteiger partial charge is 0.0348 e. The summed E-state index contributed by atoms with van der Waals surface area (Å²) in [5.74, 6) is 0. The summed E-state index contributed by atoms with van der Waals surface area (Å²) in [7, 11) is 0. The molecule has 2 radical (unpaired) electrons. The van der Waals surface area contributed by atoms with Crippen LogP contribution in [0.2, 0.25) is 0 Å². The van der Waals surface area contributed by atoms with Gasteiger partial charge >= 0.3 is 0 Å². The third-order valence-electron chi connectivity index (χ3n) is 0.871. The third kappa shape index (κ3) is 5.74. The Morgan fingerprint density at radius 1 is 1.43 bits per heavy atom. The molecule has 0 heterocycles. The molecule has 0 N–H and O–H groups in total. The van der Waals surface area contributed by atoms with Crippen molar-refractivity contribution in [2.75, 3.05) is 0 Å². The molecule has 0 heteroatoms. The van der Waals surface area contributed by atoms with Gasteiger partial charge in [-0.2, -0.15) is 0 Å².